The number of amides is 1. The van der Waals surface area contributed by atoms with Gasteiger partial charge in [-0.1, -0.05) is 40.2 Å². The normalized spacial score (nSPS) is 15.9. The fourth-order valence-corrected chi connectivity index (χ4v) is 4.71. The Balaban J connectivity index is 1.86. The first-order valence-corrected chi connectivity index (χ1v) is 11.2. The van der Waals surface area contributed by atoms with E-state index in [4.69, 9.17) is 21.5 Å². The van der Waals surface area contributed by atoms with Gasteiger partial charge in [-0.3, -0.25) is 10.1 Å². The molecule has 1 heterocycles. The first-order chi connectivity index (χ1) is 13.3. The number of rotatable bonds is 8. The van der Waals surface area contributed by atoms with Gasteiger partial charge < -0.3 is 9.94 Å². The minimum absolute atomic E-state index is 0.0815. The minimum Gasteiger partial charge on any atom is -0.392 e. The third-order valence-corrected chi connectivity index (χ3v) is 7.22. The Hall–Kier alpha value is -2.01. The van der Waals surface area contributed by atoms with E-state index in [0.717, 1.165) is 11.3 Å². The molecule has 11 heteroatoms. The Kier molecular flexibility index (Phi) is 6.33. The van der Waals surface area contributed by atoms with E-state index in [2.05, 4.69) is 15.5 Å². The number of anilines is 1. The van der Waals surface area contributed by atoms with E-state index in [-0.39, 0.29) is 27.6 Å². The number of oxime groups is 1. The van der Waals surface area contributed by atoms with Crippen molar-refractivity contribution in [3.05, 3.63) is 40.4 Å². The molecule has 150 valence electrons. The predicted octanol–water partition coefficient (Wildman–Crippen LogP) is 2.47. The standard InChI is InChI=1S/C17H18ClN3O5S2/c1-10(9-22)26-21-15(16(23)20-17-19-8-14(18)27-17)11-2-4-12(5-3-11)28(24,25)13-6-7-13/h2-5,8,10,13,22H,6-7,9H2,1H3,(H,19,20,23)/t10-/m0/s1. The van der Waals surface area contributed by atoms with Crippen LogP contribution in [0.4, 0.5) is 5.13 Å². The maximum Gasteiger partial charge on any atom is 0.280 e. The molecule has 1 saturated carbocycles. The molecule has 3 rings (SSSR count). The van der Waals surface area contributed by atoms with E-state index in [9.17, 15) is 13.2 Å². The molecule has 0 unspecified atom stereocenters. The second-order valence-corrected chi connectivity index (χ2v) is 10.1. The molecule has 1 aliphatic rings. The number of aliphatic hydroxyl groups excluding tert-OH is 1. The van der Waals surface area contributed by atoms with Crippen LogP contribution in [0.15, 0.2) is 40.5 Å². The zero-order chi connectivity index (χ0) is 20.3. The highest BCUT2D eigenvalue weighted by Gasteiger charge is 2.36. The van der Waals surface area contributed by atoms with Crippen LogP contribution >= 0.6 is 22.9 Å². The maximum atomic E-state index is 12.6. The minimum atomic E-state index is -3.33. The van der Waals surface area contributed by atoms with E-state index in [1.54, 1.807) is 6.92 Å². The Labute approximate surface area is 171 Å². The first kappa shape index (κ1) is 20.7. The number of sulfone groups is 1. The maximum absolute atomic E-state index is 12.6. The number of carbonyl (C=O) groups is 1. The van der Waals surface area contributed by atoms with E-state index in [1.165, 1.54) is 30.5 Å². The second kappa shape index (κ2) is 8.56. The van der Waals surface area contributed by atoms with Crippen LogP contribution in [0.5, 0.6) is 0 Å². The number of benzene rings is 1. The van der Waals surface area contributed by atoms with Crippen LogP contribution in [0.25, 0.3) is 0 Å². The summed E-state index contributed by atoms with van der Waals surface area (Å²) in [6, 6.07) is 5.88. The van der Waals surface area contributed by atoms with Gasteiger partial charge in [0.25, 0.3) is 5.91 Å². The molecule has 0 spiro atoms. The molecule has 0 bridgehead atoms. The molecule has 1 aliphatic carbocycles. The van der Waals surface area contributed by atoms with Gasteiger partial charge in [0.1, 0.15) is 10.4 Å². The average Bonchev–Trinajstić information content (AvgIpc) is 3.46. The molecule has 0 saturated heterocycles. The van der Waals surface area contributed by atoms with Crippen LogP contribution in [0.3, 0.4) is 0 Å². The number of thiazole rings is 1. The summed E-state index contributed by atoms with van der Waals surface area (Å²) in [7, 11) is -3.33. The lowest BCUT2D eigenvalue weighted by Crippen LogP contribution is -2.25. The lowest BCUT2D eigenvalue weighted by atomic mass is 10.1. The molecule has 2 aromatic rings. The van der Waals surface area contributed by atoms with Gasteiger partial charge in [-0.05, 0) is 31.9 Å². The van der Waals surface area contributed by atoms with Crippen LogP contribution in [-0.4, -0.2) is 48.1 Å². The molecule has 1 aromatic carbocycles. The molecule has 0 aliphatic heterocycles. The number of nitrogens with zero attached hydrogens (tertiary/aromatic N) is 2. The topological polar surface area (TPSA) is 118 Å². The Morgan fingerprint density at radius 2 is 2.11 bits per heavy atom. The summed E-state index contributed by atoms with van der Waals surface area (Å²) < 4.78 is 25.1. The van der Waals surface area contributed by atoms with E-state index in [1.807, 2.05) is 0 Å². The zero-order valence-corrected chi connectivity index (χ0v) is 17.2. The smallest absolute Gasteiger partial charge is 0.280 e. The molecular weight excluding hydrogens is 426 g/mol. The van der Waals surface area contributed by atoms with Gasteiger partial charge in [0.05, 0.1) is 22.9 Å². The predicted molar refractivity (Wildman–Crippen MR) is 107 cm³/mol. The monoisotopic (exact) mass is 443 g/mol. The molecule has 0 radical (unpaired) electrons. The van der Waals surface area contributed by atoms with Crippen molar-refractivity contribution in [3.8, 4) is 0 Å². The molecule has 8 nitrogen and oxygen atoms in total. The number of hydrogen-bond acceptors (Lipinski definition) is 8. The molecule has 2 N–H and O–H groups in total. The zero-order valence-electron chi connectivity index (χ0n) is 14.8. The summed E-state index contributed by atoms with van der Waals surface area (Å²) in [5.74, 6) is -0.603. The summed E-state index contributed by atoms with van der Waals surface area (Å²) in [6.07, 6.45) is 2.12. The fourth-order valence-electron chi connectivity index (χ4n) is 2.24. The van der Waals surface area contributed by atoms with Crippen LogP contribution in [0.1, 0.15) is 25.3 Å². The number of nitrogens with one attached hydrogen (secondary N) is 1. The molecule has 28 heavy (non-hydrogen) atoms. The van der Waals surface area contributed by atoms with Crippen molar-refractivity contribution >= 4 is 49.5 Å². The first-order valence-electron chi connectivity index (χ1n) is 8.43. The highest BCUT2D eigenvalue weighted by molar-refractivity contribution is 7.92. The number of carbonyl (C=O) groups excluding carboxylic acids is 1. The Bertz CT molecular complexity index is 984. The van der Waals surface area contributed by atoms with Gasteiger partial charge in [0.15, 0.2) is 20.7 Å². The van der Waals surface area contributed by atoms with Crippen molar-refractivity contribution in [2.24, 2.45) is 5.16 Å². The molecule has 1 atom stereocenters. The summed E-state index contributed by atoms with van der Waals surface area (Å²) in [5.41, 5.74) is 0.280. The third-order valence-electron chi connectivity index (χ3n) is 3.91. The number of halogens is 1. The third kappa shape index (κ3) is 4.88. The van der Waals surface area contributed by atoms with Crippen molar-refractivity contribution in [2.75, 3.05) is 11.9 Å². The van der Waals surface area contributed by atoms with Crippen molar-refractivity contribution in [1.82, 2.24) is 4.98 Å². The van der Waals surface area contributed by atoms with Crippen molar-refractivity contribution in [3.63, 3.8) is 0 Å². The highest BCUT2D eigenvalue weighted by atomic mass is 35.5. The van der Waals surface area contributed by atoms with E-state index in [0.29, 0.717) is 22.7 Å². The SMILES string of the molecule is C[C@@H](CO)ON=C(C(=O)Nc1ncc(Cl)s1)c1ccc(S(=O)(=O)C2CC2)cc1. The van der Waals surface area contributed by atoms with Gasteiger partial charge in [-0.15, -0.1) is 0 Å². The average molecular weight is 444 g/mol. The van der Waals surface area contributed by atoms with Crippen molar-refractivity contribution in [1.29, 1.82) is 0 Å². The number of aliphatic hydroxyl groups is 1. The van der Waals surface area contributed by atoms with Crippen LogP contribution < -0.4 is 5.32 Å². The summed E-state index contributed by atoms with van der Waals surface area (Å²) in [5, 5.41) is 15.5. The van der Waals surface area contributed by atoms with Crippen molar-refractivity contribution in [2.45, 2.75) is 36.0 Å². The van der Waals surface area contributed by atoms with Crippen LogP contribution in [0.2, 0.25) is 4.34 Å². The molecule has 1 aromatic heterocycles. The Morgan fingerprint density at radius 1 is 1.43 bits per heavy atom. The van der Waals surface area contributed by atoms with Crippen LogP contribution in [-0.2, 0) is 19.5 Å². The van der Waals surface area contributed by atoms with Gasteiger partial charge >= 0.3 is 0 Å². The number of aromatic nitrogens is 1. The van der Waals surface area contributed by atoms with Crippen LogP contribution in [0, 0.1) is 0 Å². The van der Waals surface area contributed by atoms with Gasteiger partial charge in [-0.2, -0.15) is 0 Å². The fraction of sp³-hybridized carbons (Fsp3) is 0.353. The molecular formula is C17H18ClN3O5S2. The molecule has 1 fully saturated rings. The van der Waals surface area contributed by atoms with Crippen molar-refractivity contribution < 1.29 is 23.2 Å². The second-order valence-electron chi connectivity index (χ2n) is 6.23. The van der Waals surface area contributed by atoms with Gasteiger partial charge in [0.2, 0.25) is 0 Å². The summed E-state index contributed by atoms with van der Waals surface area (Å²) in [6.45, 7) is 1.31. The summed E-state index contributed by atoms with van der Waals surface area (Å²) >= 11 is 6.90. The van der Waals surface area contributed by atoms with Gasteiger partial charge in [-0.25, -0.2) is 13.4 Å². The number of hydrogen-bond donors (Lipinski definition) is 2. The largest absolute Gasteiger partial charge is 0.392 e. The quantitative estimate of drug-likeness (QED) is 0.478. The highest BCUT2D eigenvalue weighted by Crippen LogP contribution is 2.33. The summed E-state index contributed by atoms with van der Waals surface area (Å²) in [4.78, 5) is 21.9. The van der Waals surface area contributed by atoms with Gasteiger partial charge in [0, 0.05) is 5.56 Å². The lowest BCUT2D eigenvalue weighted by Gasteiger charge is -2.10. The Morgan fingerprint density at radius 3 is 2.64 bits per heavy atom. The van der Waals surface area contributed by atoms with E-state index < -0.39 is 21.8 Å². The van der Waals surface area contributed by atoms with E-state index >= 15 is 0 Å². The lowest BCUT2D eigenvalue weighted by molar-refractivity contribution is -0.110. The molecule has 1 amide bonds.